The number of unbranched alkanes of at least 4 members (excludes halogenated alkanes) is 1. The fraction of sp³-hybridized carbons (Fsp3) is 0.615. The second kappa shape index (κ2) is 8.12. The van der Waals surface area contributed by atoms with E-state index in [1.165, 1.54) is 19.3 Å². The molecular formula is C13H19BrO2Se. The SMILES string of the molecule is CCCCC(CC)COc1cc(C=O)[se]c1Br. The van der Waals surface area contributed by atoms with Gasteiger partial charge in [0.1, 0.15) is 0 Å². The predicted octanol–water partition coefficient (Wildman–Crippen LogP) is 3.91. The summed E-state index contributed by atoms with van der Waals surface area (Å²) >= 11 is 3.60. The maximum atomic E-state index is 10.7. The Morgan fingerprint density at radius 1 is 1.53 bits per heavy atom. The number of carbonyl (C=O) groups is 1. The molecule has 0 spiro atoms. The predicted molar refractivity (Wildman–Crippen MR) is 75.3 cm³/mol. The summed E-state index contributed by atoms with van der Waals surface area (Å²) in [5, 5.41) is 0. The first kappa shape index (κ1) is 15.0. The van der Waals surface area contributed by atoms with E-state index in [9.17, 15) is 4.79 Å². The van der Waals surface area contributed by atoms with Gasteiger partial charge in [-0.25, -0.2) is 0 Å². The Bertz CT molecular complexity index is 349. The average molecular weight is 366 g/mol. The molecule has 0 saturated carbocycles. The van der Waals surface area contributed by atoms with Crippen molar-refractivity contribution in [3.8, 4) is 5.75 Å². The molecule has 1 unspecified atom stereocenters. The Balaban J connectivity index is 2.47. The number of ether oxygens (including phenoxy) is 1. The van der Waals surface area contributed by atoms with Gasteiger partial charge in [0.25, 0.3) is 0 Å². The molecule has 0 bridgehead atoms. The molecule has 1 heterocycles. The zero-order valence-corrected chi connectivity index (χ0v) is 13.7. The van der Waals surface area contributed by atoms with Crippen molar-refractivity contribution in [2.45, 2.75) is 39.5 Å². The van der Waals surface area contributed by atoms with Crippen LogP contribution in [0.1, 0.15) is 48.8 Å². The molecule has 96 valence electrons. The molecule has 0 aromatic carbocycles. The third-order valence-corrected chi connectivity index (χ3v) is 5.78. The van der Waals surface area contributed by atoms with Crippen molar-refractivity contribution in [3.63, 3.8) is 0 Å². The van der Waals surface area contributed by atoms with Crippen molar-refractivity contribution >= 4 is 36.7 Å². The summed E-state index contributed by atoms with van der Waals surface area (Å²) in [6.07, 6.45) is 5.81. The molecule has 0 saturated heterocycles. The Kier molecular flexibility index (Phi) is 7.17. The summed E-state index contributed by atoms with van der Waals surface area (Å²) < 4.78 is 7.71. The van der Waals surface area contributed by atoms with Crippen molar-refractivity contribution in [3.05, 3.63) is 13.9 Å². The molecule has 0 amide bonds. The van der Waals surface area contributed by atoms with Crippen LogP contribution in [0.25, 0.3) is 0 Å². The Labute approximate surface area is 118 Å². The first-order chi connectivity index (χ1) is 8.21. The Morgan fingerprint density at radius 3 is 2.82 bits per heavy atom. The Morgan fingerprint density at radius 2 is 2.29 bits per heavy atom. The average Bonchev–Trinajstić information content (AvgIpc) is 2.70. The number of hydrogen-bond acceptors (Lipinski definition) is 2. The standard InChI is InChI=1S/C13H19BrO2Se/c1-3-5-6-10(4-2)9-16-12-7-11(8-15)17-13(12)14/h7-8,10H,3-6,9H2,1-2H3. The number of hydrogen-bond donors (Lipinski definition) is 0. The number of halogens is 1. The summed E-state index contributed by atoms with van der Waals surface area (Å²) in [5.74, 6) is 1.49. The topological polar surface area (TPSA) is 26.3 Å². The summed E-state index contributed by atoms with van der Waals surface area (Å²) in [4.78, 5) is 10.7. The maximum absolute atomic E-state index is 10.7. The summed E-state index contributed by atoms with van der Waals surface area (Å²) in [5.41, 5.74) is 0. The zero-order valence-electron chi connectivity index (χ0n) is 10.4. The quantitative estimate of drug-likeness (QED) is 0.515. The number of aldehydes is 1. The van der Waals surface area contributed by atoms with Gasteiger partial charge in [0.2, 0.25) is 0 Å². The van der Waals surface area contributed by atoms with Gasteiger partial charge in [0.05, 0.1) is 0 Å². The van der Waals surface area contributed by atoms with E-state index in [4.69, 9.17) is 4.74 Å². The molecule has 1 aromatic rings. The van der Waals surface area contributed by atoms with Gasteiger partial charge in [-0.3, -0.25) is 0 Å². The Hall–Kier alpha value is -0.0505. The molecule has 1 rings (SSSR count). The molecule has 0 aliphatic heterocycles. The van der Waals surface area contributed by atoms with Crippen molar-refractivity contribution in [1.82, 2.24) is 0 Å². The fourth-order valence-electron chi connectivity index (χ4n) is 1.63. The molecule has 2 nitrogen and oxygen atoms in total. The van der Waals surface area contributed by atoms with E-state index < -0.39 is 0 Å². The monoisotopic (exact) mass is 366 g/mol. The van der Waals surface area contributed by atoms with Crippen LogP contribution in [-0.4, -0.2) is 27.4 Å². The van der Waals surface area contributed by atoms with Crippen LogP contribution in [0.5, 0.6) is 5.75 Å². The van der Waals surface area contributed by atoms with E-state index in [-0.39, 0.29) is 14.5 Å². The molecule has 4 heteroatoms. The van der Waals surface area contributed by atoms with E-state index in [1.807, 2.05) is 6.07 Å². The third-order valence-electron chi connectivity index (χ3n) is 2.81. The van der Waals surface area contributed by atoms with Gasteiger partial charge in [0, 0.05) is 0 Å². The molecule has 0 aliphatic rings. The molecule has 0 fully saturated rings. The molecule has 0 radical (unpaired) electrons. The van der Waals surface area contributed by atoms with Crippen LogP contribution in [0.4, 0.5) is 0 Å². The van der Waals surface area contributed by atoms with Crippen LogP contribution in [-0.2, 0) is 0 Å². The van der Waals surface area contributed by atoms with Gasteiger partial charge in [-0.1, -0.05) is 0 Å². The van der Waals surface area contributed by atoms with Crippen LogP contribution in [0.3, 0.4) is 0 Å². The molecule has 1 aromatic heterocycles. The van der Waals surface area contributed by atoms with Gasteiger partial charge < -0.3 is 0 Å². The molecule has 17 heavy (non-hydrogen) atoms. The van der Waals surface area contributed by atoms with Gasteiger partial charge in [-0.2, -0.15) is 0 Å². The summed E-state index contributed by atoms with van der Waals surface area (Å²) in [7, 11) is 0. The molecule has 0 N–H and O–H groups in total. The van der Waals surface area contributed by atoms with Crippen LogP contribution in [0.15, 0.2) is 9.41 Å². The molecular weight excluding hydrogens is 347 g/mol. The first-order valence-electron chi connectivity index (χ1n) is 6.08. The van der Waals surface area contributed by atoms with E-state index in [1.54, 1.807) is 0 Å². The van der Waals surface area contributed by atoms with Crippen molar-refractivity contribution < 1.29 is 9.53 Å². The van der Waals surface area contributed by atoms with Crippen molar-refractivity contribution in [2.75, 3.05) is 6.61 Å². The second-order valence-corrected chi connectivity index (χ2v) is 8.38. The summed E-state index contributed by atoms with van der Waals surface area (Å²) in [6, 6.07) is 1.86. The van der Waals surface area contributed by atoms with Gasteiger partial charge in [-0.05, 0) is 0 Å². The number of rotatable bonds is 8. The van der Waals surface area contributed by atoms with Crippen molar-refractivity contribution in [2.24, 2.45) is 5.92 Å². The molecule has 0 aliphatic carbocycles. The van der Waals surface area contributed by atoms with Gasteiger partial charge >= 0.3 is 118 Å². The molecule has 1 atom stereocenters. The number of carbonyl (C=O) groups excluding carboxylic acids is 1. The second-order valence-electron chi connectivity index (χ2n) is 4.13. The normalized spacial score (nSPS) is 12.4. The van der Waals surface area contributed by atoms with E-state index >= 15 is 0 Å². The van der Waals surface area contributed by atoms with Crippen molar-refractivity contribution in [1.29, 1.82) is 0 Å². The minimum absolute atomic E-state index is 0.113. The van der Waals surface area contributed by atoms with Crippen LogP contribution in [0.2, 0.25) is 0 Å². The van der Waals surface area contributed by atoms with Gasteiger partial charge in [-0.15, -0.1) is 0 Å². The van der Waals surface area contributed by atoms with E-state index in [2.05, 4.69) is 29.8 Å². The van der Waals surface area contributed by atoms with Crippen LogP contribution >= 0.6 is 15.9 Å². The zero-order chi connectivity index (χ0) is 12.7. The van der Waals surface area contributed by atoms with E-state index in [0.29, 0.717) is 5.92 Å². The summed E-state index contributed by atoms with van der Waals surface area (Å²) in [6.45, 7) is 5.18. The first-order valence-corrected chi connectivity index (χ1v) is 8.59. The van der Waals surface area contributed by atoms with Crippen LogP contribution in [0, 0.1) is 5.92 Å². The fourth-order valence-corrected chi connectivity index (χ4v) is 4.17. The van der Waals surface area contributed by atoms with Gasteiger partial charge in [0.15, 0.2) is 0 Å². The van der Waals surface area contributed by atoms with Crippen LogP contribution < -0.4 is 4.74 Å². The third kappa shape index (κ3) is 4.99. The van der Waals surface area contributed by atoms with E-state index in [0.717, 1.165) is 32.8 Å². The minimum atomic E-state index is 0.113.